The fourth-order valence-electron chi connectivity index (χ4n) is 1.71. The summed E-state index contributed by atoms with van der Waals surface area (Å²) in [5.74, 6) is 0.304. The van der Waals surface area contributed by atoms with Gasteiger partial charge >= 0.3 is 6.18 Å². The molecule has 0 radical (unpaired) electrons. The van der Waals surface area contributed by atoms with Crippen LogP contribution in [0.5, 0.6) is 0 Å². The fraction of sp³-hybridized carbons (Fsp3) is 0.385. The number of aromatic nitrogens is 2. The smallest absolute Gasteiger partial charge is 0.364 e. The van der Waals surface area contributed by atoms with Crippen molar-refractivity contribution in [2.45, 2.75) is 19.2 Å². The monoisotopic (exact) mass is 301 g/mol. The molecule has 8 heteroatoms. The van der Waals surface area contributed by atoms with E-state index in [0.29, 0.717) is 18.5 Å². The molecule has 0 atom stereocenters. The van der Waals surface area contributed by atoms with Crippen molar-refractivity contribution in [3.63, 3.8) is 0 Å². The van der Waals surface area contributed by atoms with Crippen molar-refractivity contribution >= 4 is 0 Å². The van der Waals surface area contributed by atoms with Gasteiger partial charge < -0.3 is 15.0 Å². The van der Waals surface area contributed by atoms with Crippen LogP contribution in [-0.4, -0.2) is 29.5 Å². The van der Waals surface area contributed by atoms with Gasteiger partial charge in [-0.15, -0.1) is 0 Å². The van der Waals surface area contributed by atoms with E-state index < -0.39 is 12.8 Å². The van der Waals surface area contributed by atoms with Crippen molar-refractivity contribution in [2.24, 2.45) is 5.73 Å². The van der Waals surface area contributed by atoms with Gasteiger partial charge in [-0.25, -0.2) is 0 Å². The van der Waals surface area contributed by atoms with Crippen LogP contribution in [0.25, 0.3) is 11.5 Å². The quantitative estimate of drug-likeness (QED) is 0.886. The zero-order valence-electron chi connectivity index (χ0n) is 11.1. The van der Waals surface area contributed by atoms with Crippen LogP contribution >= 0.6 is 0 Å². The third-order valence-electron chi connectivity index (χ3n) is 2.57. The molecule has 0 aliphatic carbocycles. The Morgan fingerprint density at radius 2 is 2.10 bits per heavy atom. The maximum atomic E-state index is 11.9. The Kier molecular flexibility index (Phi) is 4.92. The summed E-state index contributed by atoms with van der Waals surface area (Å²) in [7, 11) is 0. The minimum atomic E-state index is -4.37. The molecular formula is C13H14F3N3O2. The molecule has 21 heavy (non-hydrogen) atoms. The molecule has 114 valence electrons. The summed E-state index contributed by atoms with van der Waals surface area (Å²) in [4.78, 5) is 4.00. The van der Waals surface area contributed by atoms with E-state index >= 15 is 0 Å². The van der Waals surface area contributed by atoms with Gasteiger partial charge in [0.25, 0.3) is 5.89 Å². The lowest BCUT2D eigenvalue weighted by Crippen LogP contribution is -2.16. The first-order valence-electron chi connectivity index (χ1n) is 6.24. The Labute approximate surface area is 118 Å². The van der Waals surface area contributed by atoms with Gasteiger partial charge in [-0.05, 0) is 30.7 Å². The van der Waals surface area contributed by atoms with Crippen LogP contribution in [0, 0.1) is 0 Å². The van der Waals surface area contributed by atoms with E-state index in [4.69, 9.17) is 10.3 Å². The average molecular weight is 301 g/mol. The summed E-state index contributed by atoms with van der Waals surface area (Å²) in [6.45, 7) is -1.18. The van der Waals surface area contributed by atoms with E-state index in [1.54, 1.807) is 6.07 Å². The van der Waals surface area contributed by atoms with E-state index in [1.165, 1.54) is 0 Å². The third kappa shape index (κ3) is 4.83. The molecule has 0 fully saturated rings. The van der Waals surface area contributed by atoms with E-state index in [2.05, 4.69) is 14.9 Å². The summed E-state index contributed by atoms with van der Waals surface area (Å²) < 4.78 is 45.3. The molecule has 1 heterocycles. The third-order valence-corrected chi connectivity index (χ3v) is 2.57. The van der Waals surface area contributed by atoms with E-state index in [9.17, 15) is 13.2 Å². The second-order valence-electron chi connectivity index (χ2n) is 4.36. The van der Waals surface area contributed by atoms with Gasteiger partial charge in [-0.1, -0.05) is 17.3 Å². The molecule has 0 amide bonds. The second kappa shape index (κ2) is 6.68. The summed E-state index contributed by atoms with van der Waals surface area (Å²) in [6, 6.07) is 7.36. The maximum Gasteiger partial charge on any atom is 0.411 e. The van der Waals surface area contributed by atoms with E-state index in [1.807, 2.05) is 18.2 Å². The van der Waals surface area contributed by atoms with Crippen LogP contribution in [0.4, 0.5) is 13.2 Å². The van der Waals surface area contributed by atoms with E-state index in [0.717, 1.165) is 5.56 Å². The number of rotatable bonds is 6. The Balaban J connectivity index is 2.00. The standard InChI is InChI=1S/C13H14F3N3O2/c14-13(15,16)8-20-7-11-18-12(21-19-11)10-3-1-2-9(6-10)4-5-17/h1-3,6H,4-5,7-8,17H2. The second-order valence-corrected chi connectivity index (χ2v) is 4.36. The van der Waals surface area contributed by atoms with Crippen LogP contribution in [0.1, 0.15) is 11.4 Å². The minimum Gasteiger partial charge on any atom is -0.364 e. The maximum absolute atomic E-state index is 11.9. The van der Waals surface area contributed by atoms with Crippen LogP contribution < -0.4 is 5.73 Å². The molecule has 5 nitrogen and oxygen atoms in total. The van der Waals surface area contributed by atoms with Crippen molar-refractivity contribution in [3.8, 4) is 11.5 Å². The van der Waals surface area contributed by atoms with Crippen molar-refractivity contribution < 1.29 is 22.4 Å². The largest absolute Gasteiger partial charge is 0.411 e. The van der Waals surface area contributed by atoms with Gasteiger partial charge in [0.15, 0.2) is 5.82 Å². The first kappa shape index (κ1) is 15.5. The molecule has 0 bridgehead atoms. The van der Waals surface area contributed by atoms with Gasteiger partial charge in [0.2, 0.25) is 0 Å². The Bertz CT molecular complexity index is 584. The van der Waals surface area contributed by atoms with Crippen LogP contribution in [0.15, 0.2) is 28.8 Å². The number of hydrogen-bond donors (Lipinski definition) is 1. The Hall–Kier alpha value is -1.93. The highest BCUT2D eigenvalue weighted by atomic mass is 19.4. The predicted octanol–water partition coefficient (Wildman–Crippen LogP) is 2.32. The van der Waals surface area contributed by atoms with Gasteiger partial charge in [-0.3, -0.25) is 0 Å². The molecule has 1 aromatic heterocycles. The highest BCUT2D eigenvalue weighted by Gasteiger charge is 2.27. The number of hydrogen-bond acceptors (Lipinski definition) is 5. The molecule has 2 rings (SSSR count). The fourth-order valence-corrected chi connectivity index (χ4v) is 1.71. The van der Waals surface area contributed by atoms with Crippen LogP contribution in [-0.2, 0) is 17.8 Å². The molecular weight excluding hydrogens is 287 g/mol. The molecule has 0 unspecified atom stereocenters. The Morgan fingerprint density at radius 3 is 2.81 bits per heavy atom. The molecule has 1 aromatic carbocycles. The highest BCUT2D eigenvalue weighted by molar-refractivity contribution is 5.54. The topological polar surface area (TPSA) is 74.2 Å². The van der Waals surface area contributed by atoms with Gasteiger partial charge in [0.1, 0.15) is 13.2 Å². The normalized spacial score (nSPS) is 11.8. The molecule has 0 saturated heterocycles. The summed E-state index contributed by atoms with van der Waals surface area (Å²) in [6.07, 6.45) is -3.66. The summed E-state index contributed by atoms with van der Waals surface area (Å²) in [5, 5.41) is 3.58. The molecule has 2 aromatic rings. The highest BCUT2D eigenvalue weighted by Crippen LogP contribution is 2.19. The van der Waals surface area contributed by atoms with E-state index in [-0.39, 0.29) is 18.3 Å². The van der Waals surface area contributed by atoms with Crippen LogP contribution in [0.3, 0.4) is 0 Å². The zero-order chi connectivity index (χ0) is 15.3. The minimum absolute atomic E-state index is 0.0680. The number of alkyl halides is 3. The molecule has 0 aliphatic rings. The van der Waals surface area contributed by atoms with Gasteiger partial charge in [-0.2, -0.15) is 18.2 Å². The lowest BCUT2D eigenvalue weighted by Gasteiger charge is -2.04. The SMILES string of the molecule is NCCc1cccc(-c2nc(COCC(F)(F)F)no2)c1. The molecule has 2 N–H and O–H groups in total. The first-order chi connectivity index (χ1) is 9.98. The number of nitrogens with zero attached hydrogens (tertiary/aromatic N) is 2. The average Bonchev–Trinajstić information content (AvgIpc) is 2.87. The number of ether oxygens (including phenoxy) is 1. The van der Waals surface area contributed by atoms with Crippen molar-refractivity contribution in [2.75, 3.05) is 13.2 Å². The zero-order valence-corrected chi connectivity index (χ0v) is 11.1. The molecule has 0 spiro atoms. The van der Waals surface area contributed by atoms with Crippen molar-refractivity contribution in [1.29, 1.82) is 0 Å². The predicted molar refractivity (Wildman–Crippen MR) is 68.2 cm³/mol. The lowest BCUT2D eigenvalue weighted by atomic mass is 10.1. The summed E-state index contributed by atoms with van der Waals surface area (Å²) in [5.41, 5.74) is 7.19. The number of nitrogens with two attached hydrogens (primary N) is 1. The Morgan fingerprint density at radius 1 is 1.29 bits per heavy atom. The lowest BCUT2D eigenvalue weighted by molar-refractivity contribution is -0.177. The molecule has 0 aliphatic heterocycles. The number of halogens is 3. The number of benzene rings is 1. The van der Waals surface area contributed by atoms with Crippen molar-refractivity contribution in [3.05, 3.63) is 35.7 Å². The van der Waals surface area contributed by atoms with Gasteiger partial charge in [0, 0.05) is 5.56 Å². The summed E-state index contributed by atoms with van der Waals surface area (Å²) >= 11 is 0. The van der Waals surface area contributed by atoms with Gasteiger partial charge in [0.05, 0.1) is 0 Å². The molecule has 0 saturated carbocycles. The van der Waals surface area contributed by atoms with Crippen molar-refractivity contribution in [1.82, 2.24) is 10.1 Å². The first-order valence-corrected chi connectivity index (χ1v) is 6.24. The van der Waals surface area contributed by atoms with Crippen LogP contribution in [0.2, 0.25) is 0 Å².